The summed E-state index contributed by atoms with van der Waals surface area (Å²) in [5.41, 5.74) is 1.73. The van der Waals surface area contributed by atoms with Gasteiger partial charge in [-0.25, -0.2) is 0 Å². The highest BCUT2D eigenvalue weighted by molar-refractivity contribution is 7.85. The third-order valence-corrected chi connectivity index (χ3v) is 4.17. The largest absolute Gasteiger partial charge is 0.416 e. The van der Waals surface area contributed by atoms with E-state index in [1.54, 1.807) is 30.6 Å². The fourth-order valence-corrected chi connectivity index (χ4v) is 2.46. The summed E-state index contributed by atoms with van der Waals surface area (Å²) in [5, 5.41) is 2.65. The average molecular weight is 392 g/mol. The van der Waals surface area contributed by atoms with E-state index in [1.807, 2.05) is 19.1 Å². The molecule has 1 heterocycles. The molecule has 0 aliphatic rings. The van der Waals surface area contributed by atoms with Crippen LogP contribution in [0, 0.1) is 0 Å². The number of aromatic nitrogens is 1. The molecule has 3 nitrogen and oxygen atoms in total. The molecule has 0 spiro atoms. The van der Waals surface area contributed by atoms with E-state index in [4.69, 9.17) is 0 Å². The van der Waals surface area contributed by atoms with Crippen LogP contribution in [0.4, 0.5) is 13.2 Å². The summed E-state index contributed by atoms with van der Waals surface area (Å²) in [5.74, 6) is -0.385. The lowest BCUT2D eigenvalue weighted by atomic mass is 10.1. The Hall–Kier alpha value is -2.54. The molecule has 0 saturated heterocycles. The number of alkyl halides is 3. The van der Waals surface area contributed by atoms with Gasteiger partial charge in [0, 0.05) is 18.9 Å². The number of thiol groups is 1. The van der Waals surface area contributed by atoms with Gasteiger partial charge in [-0.3, -0.25) is 9.78 Å². The fourth-order valence-electron chi connectivity index (χ4n) is 2.30. The molecule has 0 atom stereocenters. The zero-order valence-electron chi connectivity index (χ0n) is 14.6. The van der Waals surface area contributed by atoms with Crippen LogP contribution in [0.15, 0.2) is 65.8 Å². The van der Waals surface area contributed by atoms with Crippen molar-refractivity contribution in [3.8, 4) is 0 Å². The van der Waals surface area contributed by atoms with Crippen LogP contribution < -0.4 is 5.32 Å². The Bertz CT molecular complexity index is 846. The Balaban J connectivity index is 1.90. The first-order chi connectivity index (χ1) is 12.8. The maximum Gasteiger partial charge on any atom is 0.416 e. The van der Waals surface area contributed by atoms with Crippen molar-refractivity contribution < 1.29 is 18.0 Å². The number of nitrogens with one attached hydrogen (secondary N) is 1. The first-order valence-corrected chi connectivity index (χ1v) is 8.64. The van der Waals surface area contributed by atoms with Crippen LogP contribution >= 0.6 is 12.6 Å². The number of amides is 1. The van der Waals surface area contributed by atoms with Gasteiger partial charge in [0.2, 0.25) is 0 Å². The minimum Gasteiger partial charge on any atom is -0.351 e. The molecule has 0 radical (unpaired) electrons. The second kappa shape index (κ2) is 9.41. The highest BCUT2D eigenvalue weighted by Crippen LogP contribution is 2.29. The summed E-state index contributed by atoms with van der Waals surface area (Å²) >= 11 is 4.17. The summed E-state index contributed by atoms with van der Waals surface area (Å²) < 4.78 is 38.1. The number of hydrogen-bond donors (Lipinski definition) is 2. The number of nitrogens with zero attached hydrogens (tertiary/aromatic N) is 1. The minimum atomic E-state index is -4.38. The summed E-state index contributed by atoms with van der Waals surface area (Å²) in [4.78, 5) is 16.2. The molecule has 2 rings (SSSR count). The average Bonchev–Trinajstić information content (AvgIpc) is 2.66. The van der Waals surface area contributed by atoms with Crippen molar-refractivity contribution in [3.63, 3.8) is 0 Å². The topological polar surface area (TPSA) is 42.0 Å². The number of carbonyl (C=O) groups is 1. The second-order valence-electron chi connectivity index (χ2n) is 5.84. The van der Waals surface area contributed by atoms with E-state index < -0.39 is 11.7 Å². The Morgan fingerprint density at radius 2 is 1.89 bits per heavy atom. The molecule has 1 aromatic carbocycles. The van der Waals surface area contributed by atoms with Crippen LogP contribution in [0.1, 0.15) is 23.6 Å². The normalized spacial score (nSPS) is 12.8. The van der Waals surface area contributed by atoms with Gasteiger partial charge in [0.25, 0.3) is 5.91 Å². The zero-order chi connectivity index (χ0) is 19.9. The Morgan fingerprint density at radius 3 is 2.56 bits per heavy atom. The minimum absolute atomic E-state index is 0.213. The molecule has 1 aromatic heterocycles. The van der Waals surface area contributed by atoms with Gasteiger partial charge < -0.3 is 5.32 Å². The molecule has 0 bridgehead atoms. The summed E-state index contributed by atoms with van der Waals surface area (Å²) in [7, 11) is 0. The lowest BCUT2D eigenvalue weighted by Crippen LogP contribution is -2.25. The van der Waals surface area contributed by atoms with Gasteiger partial charge in [-0.05, 0) is 54.3 Å². The Kier molecular flexibility index (Phi) is 7.24. The standard InChI is InChI=1S/C20H19F3N2OS/c1-14(16-8-10-24-11-9-16)5-6-18(27)19(26)25-12-7-15-3-2-4-17(13-15)20(21,22)23/h2-6,8-11,13,27H,7,12H2,1H3,(H,25,26)/b14-5+,18-6-. The molecular formula is C20H19F3N2OS. The number of halogens is 3. The van der Waals surface area contributed by atoms with Crippen LogP contribution in [-0.4, -0.2) is 17.4 Å². The van der Waals surface area contributed by atoms with Gasteiger partial charge in [-0.1, -0.05) is 24.3 Å². The Morgan fingerprint density at radius 1 is 1.19 bits per heavy atom. The van der Waals surface area contributed by atoms with E-state index in [9.17, 15) is 18.0 Å². The van der Waals surface area contributed by atoms with Crippen molar-refractivity contribution >= 4 is 24.1 Å². The molecule has 0 aliphatic carbocycles. The third-order valence-electron chi connectivity index (χ3n) is 3.81. The highest BCUT2D eigenvalue weighted by Gasteiger charge is 2.30. The molecular weight excluding hydrogens is 373 g/mol. The second-order valence-corrected chi connectivity index (χ2v) is 6.32. The van der Waals surface area contributed by atoms with Crippen LogP contribution in [0.2, 0.25) is 0 Å². The quantitative estimate of drug-likeness (QED) is 0.426. The molecule has 27 heavy (non-hydrogen) atoms. The fraction of sp³-hybridized carbons (Fsp3) is 0.200. The molecule has 1 N–H and O–H groups in total. The van der Waals surface area contributed by atoms with E-state index in [-0.39, 0.29) is 17.4 Å². The van der Waals surface area contributed by atoms with Gasteiger partial charge >= 0.3 is 6.18 Å². The Labute approximate surface area is 161 Å². The van der Waals surface area contributed by atoms with Crippen LogP contribution in [0.3, 0.4) is 0 Å². The van der Waals surface area contributed by atoms with Crippen LogP contribution in [0.5, 0.6) is 0 Å². The predicted octanol–water partition coefficient (Wildman–Crippen LogP) is 4.68. The van der Waals surface area contributed by atoms with Crippen LogP contribution in [0.25, 0.3) is 5.57 Å². The van der Waals surface area contributed by atoms with E-state index in [2.05, 4.69) is 22.9 Å². The molecule has 7 heteroatoms. The SMILES string of the molecule is C/C(=C\C=C(/S)C(=O)NCCc1cccc(C(F)(F)F)c1)c1ccncc1. The molecule has 142 valence electrons. The lowest BCUT2D eigenvalue weighted by Gasteiger charge is -2.09. The van der Waals surface area contributed by atoms with Crippen LogP contribution in [-0.2, 0) is 17.4 Å². The number of rotatable bonds is 6. The maximum atomic E-state index is 12.7. The van der Waals surface area contributed by atoms with Gasteiger partial charge in [-0.2, -0.15) is 13.2 Å². The van der Waals surface area contributed by atoms with Crippen molar-refractivity contribution in [3.05, 3.63) is 82.5 Å². The predicted molar refractivity (Wildman–Crippen MR) is 103 cm³/mol. The zero-order valence-corrected chi connectivity index (χ0v) is 15.5. The number of hydrogen-bond acceptors (Lipinski definition) is 3. The molecule has 0 unspecified atom stereocenters. The summed E-state index contributed by atoms with van der Waals surface area (Å²) in [6, 6.07) is 8.77. The summed E-state index contributed by atoms with van der Waals surface area (Å²) in [6.07, 6.45) is 2.63. The first-order valence-electron chi connectivity index (χ1n) is 8.19. The maximum absolute atomic E-state index is 12.7. The van der Waals surface area contributed by atoms with Crippen molar-refractivity contribution in [1.82, 2.24) is 10.3 Å². The molecule has 1 amide bonds. The van der Waals surface area contributed by atoms with Gasteiger partial charge in [0.05, 0.1) is 10.5 Å². The number of allylic oxidation sites excluding steroid dienone is 3. The lowest BCUT2D eigenvalue weighted by molar-refractivity contribution is -0.137. The summed E-state index contributed by atoms with van der Waals surface area (Å²) in [6.45, 7) is 2.11. The van der Waals surface area contributed by atoms with Crippen molar-refractivity contribution in [2.45, 2.75) is 19.5 Å². The van der Waals surface area contributed by atoms with Gasteiger partial charge in [0.1, 0.15) is 0 Å². The van der Waals surface area contributed by atoms with Gasteiger partial charge in [-0.15, -0.1) is 12.6 Å². The molecule has 2 aromatic rings. The van der Waals surface area contributed by atoms with E-state index in [0.717, 1.165) is 23.3 Å². The molecule has 0 aliphatic heterocycles. The number of pyridine rings is 1. The van der Waals surface area contributed by atoms with Crippen molar-refractivity contribution in [1.29, 1.82) is 0 Å². The van der Waals surface area contributed by atoms with Crippen molar-refractivity contribution in [2.24, 2.45) is 0 Å². The van der Waals surface area contributed by atoms with E-state index in [0.29, 0.717) is 12.0 Å². The highest BCUT2D eigenvalue weighted by atomic mass is 32.1. The number of benzene rings is 1. The molecule has 0 saturated carbocycles. The van der Waals surface area contributed by atoms with Crippen molar-refractivity contribution in [2.75, 3.05) is 6.54 Å². The smallest absolute Gasteiger partial charge is 0.351 e. The monoisotopic (exact) mass is 392 g/mol. The number of carbonyl (C=O) groups excluding carboxylic acids is 1. The van der Waals surface area contributed by atoms with E-state index in [1.165, 1.54) is 6.07 Å². The van der Waals surface area contributed by atoms with E-state index >= 15 is 0 Å². The first kappa shape index (κ1) is 20.8. The third kappa shape index (κ3) is 6.60. The molecule has 0 fully saturated rings. The van der Waals surface area contributed by atoms with Gasteiger partial charge in [0.15, 0.2) is 0 Å².